The average Bonchev–Trinajstić information content (AvgIpc) is 3.37. The van der Waals surface area contributed by atoms with Gasteiger partial charge in [-0.25, -0.2) is 0 Å². The summed E-state index contributed by atoms with van der Waals surface area (Å²) < 4.78 is 0. The Kier molecular flexibility index (Phi) is 3.55. The minimum absolute atomic E-state index is 0.168. The smallest absolute Gasteiger partial charge is 0.269 e. The van der Waals surface area contributed by atoms with E-state index in [1.807, 2.05) is 12.1 Å². The quantitative estimate of drug-likeness (QED) is 0.374. The van der Waals surface area contributed by atoms with Crippen LogP contribution in [0.2, 0.25) is 0 Å². The summed E-state index contributed by atoms with van der Waals surface area (Å²) in [6, 6.07) is 12.4. The predicted octanol–water partition coefficient (Wildman–Crippen LogP) is 5.80. The maximum atomic E-state index is 11.1. The first-order chi connectivity index (χ1) is 14.1. The molecule has 0 fully saturated rings. The maximum absolute atomic E-state index is 11.1. The van der Waals surface area contributed by atoms with Crippen molar-refractivity contribution in [1.29, 1.82) is 0 Å². The van der Waals surface area contributed by atoms with Crippen molar-refractivity contribution in [1.82, 2.24) is 0 Å². The van der Waals surface area contributed by atoms with Crippen LogP contribution < -0.4 is 4.90 Å². The Hall–Kier alpha value is -2.88. The number of benzene rings is 2. The van der Waals surface area contributed by atoms with Crippen LogP contribution in [0.1, 0.15) is 53.0 Å². The summed E-state index contributed by atoms with van der Waals surface area (Å²) in [7, 11) is 0. The molecule has 0 N–H and O–H groups in total. The third kappa shape index (κ3) is 2.38. The van der Waals surface area contributed by atoms with Gasteiger partial charge in [0.25, 0.3) is 5.69 Å². The van der Waals surface area contributed by atoms with Crippen molar-refractivity contribution in [3.63, 3.8) is 0 Å². The minimum Gasteiger partial charge on any atom is -0.363 e. The zero-order valence-corrected chi connectivity index (χ0v) is 16.5. The molecule has 2 aromatic rings. The van der Waals surface area contributed by atoms with E-state index >= 15 is 0 Å². The molecular weight excluding hydrogens is 360 g/mol. The number of allylic oxidation sites excluding steroid dienone is 4. The van der Waals surface area contributed by atoms with Crippen molar-refractivity contribution < 1.29 is 4.92 Å². The molecule has 29 heavy (non-hydrogen) atoms. The number of nitro benzene ring substituents is 1. The van der Waals surface area contributed by atoms with Gasteiger partial charge in [-0.15, -0.1) is 0 Å². The van der Waals surface area contributed by atoms with Crippen molar-refractivity contribution in [3.8, 4) is 0 Å². The molecule has 5 atom stereocenters. The van der Waals surface area contributed by atoms with Crippen LogP contribution in [-0.4, -0.2) is 11.5 Å². The first-order valence-corrected chi connectivity index (χ1v) is 10.6. The van der Waals surface area contributed by atoms with E-state index in [1.54, 1.807) is 12.1 Å². The summed E-state index contributed by atoms with van der Waals surface area (Å²) in [6.45, 7) is 3.28. The van der Waals surface area contributed by atoms with Crippen LogP contribution in [0, 0.1) is 28.9 Å². The van der Waals surface area contributed by atoms with Crippen LogP contribution in [0.5, 0.6) is 0 Å². The highest BCUT2D eigenvalue weighted by atomic mass is 16.6. The third-order valence-electron chi connectivity index (χ3n) is 7.44. The molecule has 0 spiro atoms. The lowest BCUT2D eigenvalue weighted by atomic mass is 9.70. The Morgan fingerprint density at radius 3 is 2.45 bits per heavy atom. The lowest BCUT2D eigenvalue weighted by Gasteiger charge is -2.51. The van der Waals surface area contributed by atoms with E-state index in [-0.39, 0.29) is 16.7 Å². The van der Waals surface area contributed by atoms with E-state index in [2.05, 4.69) is 48.3 Å². The molecule has 2 aromatic carbocycles. The number of rotatable bonds is 2. The molecule has 0 saturated carbocycles. The molecule has 0 radical (unpaired) electrons. The molecule has 4 aliphatic rings. The normalized spacial score (nSPS) is 30.8. The standard InChI is InChI=1S/C25H24N2O2/c1-15-12-22-19-5-2-4-17(19)14-26-24(16-8-10-18(11-9-16)27(28)29)21-7-3-6-20(21)23(13-15)25(22)26/h2-3,5-6,8-13,17,19-21,24H,4,7,14H2,1H3/t17-,19-,20-,21+,24-/m0/s1. The number of non-ortho nitro benzene ring substituents is 1. The second kappa shape index (κ2) is 6.06. The number of fused-ring (bicyclic) bond motifs is 4. The summed E-state index contributed by atoms with van der Waals surface area (Å²) in [6.07, 6.45) is 11.7. The van der Waals surface area contributed by atoms with Gasteiger partial charge in [-0.3, -0.25) is 10.1 Å². The summed E-state index contributed by atoms with van der Waals surface area (Å²) in [4.78, 5) is 13.5. The topological polar surface area (TPSA) is 46.4 Å². The number of anilines is 1. The van der Waals surface area contributed by atoms with Crippen molar-refractivity contribution in [2.24, 2.45) is 11.8 Å². The molecule has 146 valence electrons. The fraction of sp³-hybridized carbons (Fsp3) is 0.360. The summed E-state index contributed by atoms with van der Waals surface area (Å²) in [5.74, 6) is 2.08. The molecule has 2 aliphatic heterocycles. The van der Waals surface area contributed by atoms with E-state index in [0.717, 1.165) is 19.4 Å². The molecule has 2 aliphatic carbocycles. The highest BCUT2D eigenvalue weighted by molar-refractivity contribution is 5.70. The molecule has 0 saturated heterocycles. The molecular formula is C25H24N2O2. The Morgan fingerprint density at radius 2 is 1.69 bits per heavy atom. The van der Waals surface area contributed by atoms with Gasteiger partial charge in [0, 0.05) is 36.2 Å². The Labute approximate surface area is 170 Å². The van der Waals surface area contributed by atoms with E-state index in [0.29, 0.717) is 23.7 Å². The number of aryl methyl sites for hydroxylation is 1. The Morgan fingerprint density at radius 1 is 1.00 bits per heavy atom. The van der Waals surface area contributed by atoms with Gasteiger partial charge in [0.2, 0.25) is 0 Å². The van der Waals surface area contributed by atoms with Crippen LogP contribution >= 0.6 is 0 Å². The molecule has 0 unspecified atom stereocenters. The predicted molar refractivity (Wildman–Crippen MR) is 114 cm³/mol. The minimum atomic E-state index is -0.309. The van der Waals surface area contributed by atoms with Crippen LogP contribution in [0.25, 0.3) is 0 Å². The number of nitrogens with zero attached hydrogens (tertiary/aromatic N) is 2. The van der Waals surface area contributed by atoms with Crippen LogP contribution in [0.15, 0.2) is 60.7 Å². The second-order valence-electron chi connectivity index (χ2n) is 9.04. The van der Waals surface area contributed by atoms with Gasteiger partial charge in [0.05, 0.1) is 11.0 Å². The zero-order chi connectivity index (χ0) is 19.7. The van der Waals surface area contributed by atoms with E-state index in [1.165, 1.54) is 27.9 Å². The molecule has 4 heteroatoms. The van der Waals surface area contributed by atoms with Gasteiger partial charge in [0.15, 0.2) is 0 Å². The van der Waals surface area contributed by atoms with Gasteiger partial charge in [-0.2, -0.15) is 0 Å². The second-order valence-corrected chi connectivity index (χ2v) is 9.04. The summed E-state index contributed by atoms with van der Waals surface area (Å²) in [5.41, 5.74) is 7.12. The molecule has 0 aromatic heterocycles. The molecule has 4 nitrogen and oxygen atoms in total. The first-order valence-electron chi connectivity index (χ1n) is 10.6. The van der Waals surface area contributed by atoms with Gasteiger partial charge in [-0.05, 0) is 48.3 Å². The fourth-order valence-electron chi connectivity index (χ4n) is 6.30. The summed E-state index contributed by atoms with van der Waals surface area (Å²) >= 11 is 0. The van der Waals surface area contributed by atoms with Crippen molar-refractivity contribution in [2.45, 2.75) is 37.6 Å². The highest BCUT2D eigenvalue weighted by Gasteiger charge is 2.47. The largest absolute Gasteiger partial charge is 0.363 e. The van der Waals surface area contributed by atoms with Gasteiger partial charge >= 0.3 is 0 Å². The lowest BCUT2D eigenvalue weighted by molar-refractivity contribution is -0.384. The number of hydrogen-bond donors (Lipinski definition) is 0. The average molecular weight is 384 g/mol. The van der Waals surface area contributed by atoms with Crippen LogP contribution in [0.4, 0.5) is 11.4 Å². The highest BCUT2D eigenvalue weighted by Crippen LogP contribution is 2.58. The molecule has 0 amide bonds. The molecule has 6 rings (SSSR count). The Bertz CT molecular complexity index is 1050. The van der Waals surface area contributed by atoms with Gasteiger partial charge in [0.1, 0.15) is 0 Å². The van der Waals surface area contributed by atoms with Gasteiger partial charge < -0.3 is 4.90 Å². The SMILES string of the molecule is Cc1cc2c3c(c1)[C@H]1C=CC[C@H]1[C@H](c1ccc([N+](=O)[O-])cc1)N3C[C@@H]1CC=C[C@H]21. The van der Waals surface area contributed by atoms with Crippen molar-refractivity contribution >= 4 is 11.4 Å². The van der Waals surface area contributed by atoms with Gasteiger partial charge in [-0.1, -0.05) is 54.1 Å². The van der Waals surface area contributed by atoms with Crippen molar-refractivity contribution in [2.75, 3.05) is 11.4 Å². The first kappa shape index (κ1) is 17.0. The third-order valence-corrected chi connectivity index (χ3v) is 7.44. The number of hydrogen-bond acceptors (Lipinski definition) is 3. The molecule has 0 bridgehead atoms. The fourth-order valence-corrected chi connectivity index (χ4v) is 6.30. The lowest BCUT2D eigenvalue weighted by Crippen LogP contribution is -2.46. The van der Waals surface area contributed by atoms with E-state index < -0.39 is 0 Å². The van der Waals surface area contributed by atoms with E-state index in [4.69, 9.17) is 0 Å². The summed E-state index contributed by atoms with van der Waals surface area (Å²) in [5, 5.41) is 11.1. The number of nitro groups is 1. The van der Waals surface area contributed by atoms with E-state index in [9.17, 15) is 10.1 Å². The monoisotopic (exact) mass is 384 g/mol. The zero-order valence-electron chi connectivity index (χ0n) is 16.5. The van der Waals surface area contributed by atoms with Crippen LogP contribution in [0.3, 0.4) is 0 Å². The molecule has 2 heterocycles. The Balaban J connectivity index is 1.54. The van der Waals surface area contributed by atoms with Crippen molar-refractivity contribution in [3.05, 3.63) is 93.1 Å². The maximum Gasteiger partial charge on any atom is 0.269 e. The van der Waals surface area contributed by atoms with Crippen LogP contribution in [-0.2, 0) is 0 Å².